The normalized spacial score (nSPS) is 11.5. The molecule has 0 spiro atoms. The summed E-state index contributed by atoms with van der Waals surface area (Å²) in [6, 6.07) is 80.0. The van der Waals surface area contributed by atoms with Gasteiger partial charge in [-0.2, -0.15) is 0 Å². The first-order chi connectivity index (χ1) is 30.7. The lowest BCUT2D eigenvalue weighted by Gasteiger charge is -2.26. The Morgan fingerprint density at radius 2 is 0.774 bits per heavy atom. The number of para-hydroxylation sites is 3. The van der Waals surface area contributed by atoms with Gasteiger partial charge in [0.15, 0.2) is 0 Å². The van der Waals surface area contributed by atoms with Crippen molar-refractivity contribution < 1.29 is 0 Å². The third kappa shape index (κ3) is 6.00. The highest BCUT2D eigenvalue weighted by molar-refractivity contribution is 6.24. The summed E-state index contributed by atoms with van der Waals surface area (Å²) in [5.41, 5.74) is 15.0. The molecule has 0 amide bonds. The van der Waals surface area contributed by atoms with Gasteiger partial charge in [0.05, 0.1) is 34.0 Å². The zero-order chi connectivity index (χ0) is 41.0. The molecule has 62 heavy (non-hydrogen) atoms. The molecule has 2 aromatic heterocycles. The maximum atomic E-state index is 5.45. The van der Waals surface area contributed by atoms with E-state index in [1.54, 1.807) is 0 Å². The van der Waals surface area contributed by atoms with Gasteiger partial charge >= 0.3 is 0 Å². The van der Waals surface area contributed by atoms with Crippen LogP contribution in [0, 0.1) is 0 Å². The monoisotopic (exact) mass is 790 g/mol. The van der Waals surface area contributed by atoms with E-state index in [9.17, 15) is 0 Å². The Balaban J connectivity index is 0.961. The molecule has 10 aromatic carbocycles. The van der Waals surface area contributed by atoms with Crippen molar-refractivity contribution in [1.29, 1.82) is 0 Å². The van der Waals surface area contributed by atoms with Crippen molar-refractivity contribution in [3.05, 3.63) is 231 Å². The second kappa shape index (κ2) is 14.7. The predicted octanol–water partition coefficient (Wildman–Crippen LogP) is 15.5. The Bertz CT molecular complexity index is 3540. The van der Waals surface area contributed by atoms with Gasteiger partial charge in [-0.1, -0.05) is 152 Å². The van der Waals surface area contributed by atoms with Crippen molar-refractivity contribution in [2.75, 3.05) is 4.90 Å². The van der Waals surface area contributed by atoms with Gasteiger partial charge in [-0.3, -0.25) is 4.98 Å². The smallest absolute Gasteiger partial charge is 0.0979 e. The number of aromatic nitrogens is 3. The molecule has 0 atom stereocenters. The van der Waals surface area contributed by atoms with E-state index < -0.39 is 0 Å². The second-order valence-electron chi connectivity index (χ2n) is 15.8. The summed E-state index contributed by atoms with van der Waals surface area (Å²) in [7, 11) is 0. The molecule has 0 unspecified atom stereocenters. The fourth-order valence-corrected chi connectivity index (χ4v) is 9.24. The number of fused-ring (bicyclic) bond motifs is 9. The first kappa shape index (κ1) is 35.6. The highest BCUT2D eigenvalue weighted by atomic mass is 15.1. The van der Waals surface area contributed by atoms with Gasteiger partial charge < -0.3 is 9.47 Å². The zero-order valence-electron chi connectivity index (χ0n) is 33.7. The van der Waals surface area contributed by atoms with Gasteiger partial charge in [0.1, 0.15) is 0 Å². The Morgan fingerprint density at radius 3 is 1.34 bits per heavy atom. The fraction of sp³-hybridized carbons (Fsp3) is 0. The van der Waals surface area contributed by atoms with Crippen LogP contribution in [0.25, 0.3) is 93.6 Å². The lowest BCUT2D eigenvalue weighted by Crippen LogP contribution is -2.10. The molecular formula is C58H38N4. The van der Waals surface area contributed by atoms with E-state index in [4.69, 9.17) is 9.97 Å². The summed E-state index contributed by atoms with van der Waals surface area (Å²) >= 11 is 0. The Morgan fingerprint density at radius 1 is 0.323 bits per heavy atom. The molecule has 0 saturated carbocycles. The molecule has 290 valence electrons. The molecule has 0 aliphatic heterocycles. The Hall–Kier alpha value is -8.34. The third-order valence-corrected chi connectivity index (χ3v) is 12.2. The lowest BCUT2D eigenvalue weighted by molar-refractivity contribution is 1.17. The zero-order valence-corrected chi connectivity index (χ0v) is 33.7. The molecule has 4 heteroatoms. The van der Waals surface area contributed by atoms with Gasteiger partial charge in [0, 0.05) is 49.9 Å². The molecule has 4 nitrogen and oxygen atoms in total. The van der Waals surface area contributed by atoms with Crippen LogP contribution in [-0.4, -0.2) is 14.5 Å². The largest absolute Gasteiger partial charge is 0.311 e. The maximum Gasteiger partial charge on any atom is 0.0979 e. The summed E-state index contributed by atoms with van der Waals surface area (Å²) < 4.78 is 2.36. The number of anilines is 3. The SMILES string of the molecule is c1ccc(-c2ccc3c4ccc(-c5ccccc5)cc4c4nc(-c5ccc(N(c6ccccc6)c6ccc(-n7c8ccccc8c8ccccc87)cc6)cc5)cnc4c3c2)cc1. The van der Waals surface area contributed by atoms with E-state index in [1.807, 2.05) is 6.20 Å². The molecule has 0 bridgehead atoms. The Labute approximate surface area is 359 Å². The topological polar surface area (TPSA) is 34.0 Å². The van der Waals surface area contributed by atoms with E-state index in [0.29, 0.717) is 0 Å². The van der Waals surface area contributed by atoms with Crippen LogP contribution in [0.5, 0.6) is 0 Å². The lowest BCUT2D eigenvalue weighted by atomic mass is 9.93. The van der Waals surface area contributed by atoms with Crippen molar-refractivity contribution in [2.45, 2.75) is 0 Å². The standard InChI is InChI=1S/C58H38N4/c1-4-14-39(15-5-1)42-26-34-48-49-35-27-43(40-16-6-2-7-17-40)37-53(49)58-57(52(48)36-42)59-38-54(60-58)41-24-28-45(29-25-41)61(44-18-8-3-9-19-44)46-30-32-47(33-31-46)62-55-22-12-10-20-50(55)51-21-11-13-23-56(51)62/h1-38H. The number of hydrogen-bond donors (Lipinski definition) is 0. The van der Waals surface area contributed by atoms with Gasteiger partial charge in [-0.05, 0) is 106 Å². The van der Waals surface area contributed by atoms with Crippen molar-refractivity contribution in [3.63, 3.8) is 0 Å². The molecule has 0 N–H and O–H groups in total. The highest BCUT2D eigenvalue weighted by Gasteiger charge is 2.18. The molecular weight excluding hydrogens is 753 g/mol. The van der Waals surface area contributed by atoms with Crippen molar-refractivity contribution in [2.24, 2.45) is 0 Å². The van der Waals surface area contributed by atoms with Crippen LogP contribution in [-0.2, 0) is 0 Å². The van der Waals surface area contributed by atoms with Crippen molar-refractivity contribution in [1.82, 2.24) is 14.5 Å². The number of benzene rings is 10. The average molecular weight is 791 g/mol. The first-order valence-corrected chi connectivity index (χ1v) is 21.1. The van der Waals surface area contributed by atoms with Crippen LogP contribution < -0.4 is 4.90 Å². The Kier molecular flexibility index (Phi) is 8.46. The molecule has 0 radical (unpaired) electrons. The maximum absolute atomic E-state index is 5.45. The minimum atomic E-state index is 0.829. The number of hydrogen-bond acceptors (Lipinski definition) is 3. The fourth-order valence-electron chi connectivity index (χ4n) is 9.24. The molecule has 0 aliphatic rings. The van der Waals surface area contributed by atoms with Gasteiger partial charge in [-0.25, -0.2) is 4.98 Å². The summed E-state index contributed by atoms with van der Waals surface area (Å²) in [5.74, 6) is 0. The van der Waals surface area contributed by atoms with Gasteiger partial charge in [0.25, 0.3) is 0 Å². The van der Waals surface area contributed by atoms with Crippen LogP contribution in [0.1, 0.15) is 0 Å². The molecule has 12 rings (SSSR count). The molecule has 0 aliphatic carbocycles. The van der Waals surface area contributed by atoms with E-state index in [1.165, 1.54) is 38.3 Å². The third-order valence-electron chi connectivity index (χ3n) is 12.2. The van der Waals surface area contributed by atoms with Crippen LogP contribution >= 0.6 is 0 Å². The van der Waals surface area contributed by atoms with Crippen molar-refractivity contribution in [3.8, 4) is 39.2 Å². The van der Waals surface area contributed by atoms with Crippen LogP contribution in [0.3, 0.4) is 0 Å². The number of rotatable bonds is 7. The molecule has 2 heterocycles. The van der Waals surface area contributed by atoms with E-state index in [0.717, 1.165) is 72.3 Å². The molecule has 12 aromatic rings. The second-order valence-corrected chi connectivity index (χ2v) is 15.8. The quantitative estimate of drug-likeness (QED) is 0.151. The van der Waals surface area contributed by atoms with Crippen molar-refractivity contribution >= 4 is 71.4 Å². The average Bonchev–Trinajstić information content (AvgIpc) is 3.69. The highest BCUT2D eigenvalue weighted by Crippen LogP contribution is 2.40. The minimum Gasteiger partial charge on any atom is -0.311 e. The van der Waals surface area contributed by atoms with E-state index in [2.05, 4.69) is 234 Å². The summed E-state index contributed by atoms with van der Waals surface area (Å²) in [4.78, 5) is 13.0. The summed E-state index contributed by atoms with van der Waals surface area (Å²) in [6.45, 7) is 0. The molecule has 0 fully saturated rings. The minimum absolute atomic E-state index is 0.829. The predicted molar refractivity (Wildman–Crippen MR) is 260 cm³/mol. The van der Waals surface area contributed by atoms with E-state index in [-0.39, 0.29) is 0 Å². The molecule has 0 saturated heterocycles. The number of nitrogens with zero attached hydrogens (tertiary/aromatic N) is 4. The van der Waals surface area contributed by atoms with Crippen LogP contribution in [0.2, 0.25) is 0 Å². The van der Waals surface area contributed by atoms with E-state index >= 15 is 0 Å². The van der Waals surface area contributed by atoms with Crippen LogP contribution in [0.15, 0.2) is 231 Å². The van der Waals surface area contributed by atoms with Crippen LogP contribution in [0.4, 0.5) is 17.1 Å². The van der Waals surface area contributed by atoms with Gasteiger partial charge in [0.2, 0.25) is 0 Å². The summed E-state index contributed by atoms with van der Waals surface area (Å²) in [5, 5.41) is 7.03. The summed E-state index contributed by atoms with van der Waals surface area (Å²) in [6.07, 6.45) is 1.93. The van der Waals surface area contributed by atoms with Gasteiger partial charge in [-0.15, -0.1) is 0 Å². The first-order valence-electron chi connectivity index (χ1n) is 21.1.